The largest absolute Gasteiger partial charge is 0.282 e. The van der Waals surface area contributed by atoms with E-state index in [1.807, 2.05) is 6.92 Å². The van der Waals surface area contributed by atoms with Gasteiger partial charge in [-0.3, -0.25) is 9.69 Å². The first-order chi connectivity index (χ1) is 9.13. The van der Waals surface area contributed by atoms with Crippen LogP contribution in [0, 0.1) is 5.82 Å². The first-order valence-corrected chi connectivity index (χ1v) is 6.71. The number of hydrogen-bond acceptors (Lipinski definition) is 2. The third-order valence-corrected chi connectivity index (χ3v) is 3.32. The van der Waals surface area contributed by atoms with E-state index in [1.54, 1.807) is 18.2 Å². The van der Waals surface area contributed by atoms with Crippen molar-refractivity contribution in [2.45, 2.75) is 26.2 Å². The highest BCUT2D eigenvalue weighted by Crippen LogP contribution is 2.14. The molecule has 0 saturated carbocycles. The van der Waals surface area contributed by atoms with Crippen LogP contribution in [0.4, 0.5) is 4.39 Å². The van der Waals surface area contributed by atoms with Crippen molar-refractivity contribution in [2.75, 3.05) is 6.54 Å². The number of aliphatic imine (C=N–C) groups is 1. The number of carbonyl (C=O) groups is 1. The van der Waals surface area contributed by atoms with Crippen molar-refractivity contribution in [3.05, 3.63) is 35.6 Å². The van der Waals surface area contributed by atoms with E-state index in [9.17, 15) is 9.18 Å². The molecule has 19 heavy (non-hydrogen) atoms. The second kappa shape index (κ2) is 6.02. The van der Waals surface area contributed by atoms with Crippen LogP contribution in [0.1, 0.15) is 25.3 Å². The van der Waals surface area contributed by atoms with Crippen molar-refractivity contribution >= 4 is 28.9 Å². The Hall–Kier alpha value is -1.62. The van der Waals surface area contributed by atoms with Gasteiger partial charge in [0.15, 0.2) is 0 Å². The highest BCUT2D eigenvalue weighted by molar-refractivity contribution is 7.80. The molecule has 2 rings (SSSR count). The summed E-state index contributed by atoms with van der Waals surface area (Å²) >= 11 is 5.08. The molecule has 1 amide bonds. The fraction of sp³-hybridized carbons (Fsp3) is 0.357. The summed E-state index contributed by atoms with van der Waals surface area (Å²) in [5.74, 6) is -0.516. The number of benzene rings is 1. The molecular weight excluding hydrogens is 263 g/mol. The van der Waals surface area contributed by atoms with Crippen molar-refractivity contribution in [1.29, 1.82) is 0 Å². The standard InChI is InChI=1S/C14H15FN2OS/c1-2-3-8-17-13(18)12(16-14(17)19)9-10-6-4-5-7-11(10)15/h4-7H,2-3,8-9H2,1H3. The number of hydrogen-bond donors (Lipinski definition) is 0. The lowest BCUT2D eigenvalue weighted by Crippen LogP contribution is -2.34. The number of amides is 1. The van der Waals surface area contributed by atoms with Gasteiger partial charge in [-0.1, -0.05) is 31.5 Å². The summed E-state index contributed by atoms with van der Waals surface area (Å²) in [4.78, 5) is 17.7. The zero-order valence-corrected chi connectivity index (χ0v) is 11.5. The Kier molecular flexibility index (Phi) is 4.37. The van der Waals surface area contributed by atoms with E-state index < -0.39 is 0 Å². The number of unbranched alkanes of at least 4 members (excludes halogenated alkanes) is 1. The van der Waals surface area contributed by atoms with E-state index in [0.717, 1.165) is 12.8 Å². The van der Waals surface area contributed by atoms with Crippen LogP contribution in [0.25, 0.3) is 0 Å². The Labute approximate surface area is 117 Å². The van der Waals surface area contributed by atoms with E-state index in [4.69, 9.17) is 12.2 Å². The Morgan fingerprint density at radius 1 is 1.37 bits per heavy atom. The molecule has 0 aliphatic carbocycles. The summed E-state index contributed by atoms with van der Waals surface area (Å²) in [5.41, 5.74) is 0.793. The summed E-state index contributed by atoms with van der Waals surface area (Å²) < 4.78 is 13.6. The summed E-state index contributed by atoms with van der Waals surface area (Å²) in [6.45, 7) is 2.63. The quantitative estimate of drug-likeness (QED) is 0.776. The monoisotopic (exact) mass is 278 g/mol. The van der Waals surface area contributed by atoms with Crippen molar-refractivity contribution < 1.29 is 9.18 Å². The summed E-state index contributed by atoms with van der Waals surface area (Å²) in [5, 5.41) is 0.296. The maximum absolute atomic E-state index is 13.6. The number of nitrogens with zero attached hydrogens (tertiary/aromatic N) is 2. The summed E-state index contributed by atoms with van der Waals surface area (Å²) in [7, 11) is 0. The first kappa shape index (κ1) is 13.8. The Balaban J connectivity index is 2.10. The molecule has 1 aliphatic heterocycles. The van der Waals surface area contributed by atoms with Crippen LogP contribution in [0.2, 0.25) is 0 Å². The van der Waals surface area contributed by atoms with Gasteiger partial charge in [-0.25, -0.2) is 9.38 Å². The van der Waals surface area contributed by atoms with Crippen LogP contribution < -0.4 is 0 Å². The van der Waals surface area contributed by atoms with E-state index in [-0.39, 0.29) is 18.1 Å². The lowest BCUT2D eigenvalue weighted by atomic mass is 10.1. The molecule has 1 aliphatic rings. The second-order valence-electron chi connectivity index (χ2n) is 4.42. The van der Waals surface area contributed by atoms with Crippen LogP contribution >= 0.6 is 12.2 Å². The molecule has 1 aromatic carbocycles. The van der Waals surface area contributed by atoms with Crippen LogP contribution in [0.5, 0.6) is 0 Å². The molecule has 0 bridgehead atoms. The summed E-state index contributed by atoms with van der Waals surface area (Å²) in [6, 6.07) is 6.40. The van der Waals surface area contributed by atoms with Crippen LogP contribution in [-0.4, -0.2) is 28.2 Å². The number of rotatable bonds is 5. The number of thiocarbonyl (C=S) groups is 1. The van der Waals surface area contributed by atoms with Gasteiger partial charge < -0.3 is 0 Å². The maximum Gasteiger partial charge on any atom is 0.274 e. The van der Waals surface area contributed by atoms with Crippen LogP contribution in [0.15, 0.2) is 29.3 Å². The van der Waals surface area contributed by atoms with E-state index in [2.05, 4.69) is 4.99 Å². The molecule has 0 unspecified atom stereocenters. The third-order valence-electron chi connectivity index (χ3n) is 3.00. The first-order valence-electron chi connectivity index (χ1n) is 6.30. The fourth-order valence-corrected chi connectivity index (χ4v) is 2.20. The molecule has 100 valence electrons. The van der Waals surface area contributed by atoms with Gasteiger partial charge in [0.2, 0.25) is 5.11 Å². The van der Waals surface area contributed by atoms with Gasteiger partial charge >= 0.3 is 0 Å². The molecular formula is C14H15FN2OS. The predicted molar refractivity (Wildman–Crippen MR) is 76.8 cm³/mol. The van der Waals surface area contributed by atoms with Crippen LogP contribution in [0.3, 0.4) is 0 Å². The predicted octanol–water partition coefficient (Wildman–Crippen LogP) is 2.74. The van der Waals surface area contributed by atoms with Crippen molar-refractivity contribution in [3.63, 3.8) is 0 Å². The van der Waals surface area contributed by atoms with E-state index in [1.165, 1.54) is 11.0 Å². The molecule has 0 aromatic heterocycles. The van der Waals surface area contributed by atoms with Crippen molar-refractivity contribution in [3.8, 4) is 0 Å². The third kappa shape index (κ3) is 3.04. The topological polar surface area (TPSA) is 32.7 Å². The average Bonchev–Trinajstić information content (AvgIpc) is 2.65. The molecule has 0 saturated heterocycles. The molecule has 0 spiro atoms. The SMILES string of the molecule is CCCCN1C(=O)C(Cc2ccccc2F)=NC1=S. The van der Waals surface area contributed by atoms with E-state index in [0.29, 0.717) is 22.9 Å². The Bertz CT molecular complexity index is 542. The Morgan fingerprint density at radius 2 is 2.11 bits per heavy atom. The van der Waals surface area contributed by atoms with Crippen LogP contribution in [-0.2, 0) is 11.2 Å². The minimum Gasteiger partial charge on any atom is -0.282 e. The molecule has 1 aromatic rings. The van der Waals surface area contributed by atoms with Gasteiger partial charge in [0.25, 0.3) is 5.91 Å². The van der Waals surface area contributed by atoms with Gasteiger partial charge in [-0.2, -0.15) is 0 Å². The summed E-state index contributed by atoms with van der Waals surface area (Å²) in [6.07, 6.45) is 2.05. The van der Waals surface area contributed by atoms with Crippen molar-refractivity contribution in [1.82, 2.24) is 4.90 Å². The maximum atomic E-state index is 13.6. The van der Waals surface area contributed by atoms with Gasteiger partial charge in [0.05, 0.1) is 0 Å². The molecule has 3 nitrogen and oxygen atoms in total. The lowest BCUT2D eigenvalue weighted by molar-refractivity contribution is -0.120. The van der Waals surface area contributed by atoms with E-state index >= 15 is 0 Å². The zero-order valence-electron chi connectivity index (χ0n) is 10.7. The van der Waals surface area contributed by atoms with Gasteiger partial charge in [-0.05, 0) is 30.3 Å². The normalized spacial score (nSPS) is 15.1. The Morgan fingerprint density at radius 3 is 2.79 bits per heavy atom. The molecule has 0 atom stereocenters. The molecule has 1 heterocycles. The molecule has 0 N–H and O–H groups in total. The minimum absolute atomic E-state index is 0.189. The molecule has 0 radical (unpaired) electrons. The highest BCUT2D eigenvalue weighted by atomic mass is 32.1. The van der Waals surface area contributed by atoms with Crippen molar-refractivity contribution in [2.24, 2.45) is 4.99 Å². The van der Waals surface area contributed by atoms with Gasteiger partial charge in [-0.15, -0.1) is 0 Å². The highest BCUT2D eigenvalue weighted by Gasteiger charge is 2.29. The minimum atomic E-state index is -0.323. The zero-order chi connectivity index (χ0) is 13.8. The molecule has 0 fully saturated rings. The average molecular weight is 278 g/mol. The van der Waals surface area contributed by atoms with Gasteiger partial charge in [0, 0.05) is 13.0 Å². The number of carbonyl (C=O) groups excluding carboxylic acids is 1. The van der Waals surface area contributed by atoms with Gasteiger partial charge in [0.1, 0.15) is 11.5 Å². The second-order valence-corrected chi connectivity index (χ2v) is 4.78. The smallest absolute Gasteiger partial charge is 0.274 e. The lowest BCUT2D eigenvalue weighted by Gasteiger charge is -2.13. The molecule has 5 heteroatoms. The number of halogens is 1. The fourth-order valence-electron chi connectivity index (χ4n) is 1.92.